The summed E-state index contributed by atoms with van der Waals surface area (Å²) in [4.78, 5) is 32.6. The molecule has 0 radical (unpaired) electrons. The minimum Gasteiger partial charge on any atom is -0.460 e. The minimum atomic E-state index is -0.519. The van der Waals surface area contributed by atoms with Crippen molar-refractivity contribution in [2.45, 2.75) is 59.0 Å². The number of nitrogens with zero attached hydrogens (tertiary/aromatic N) is 4. The maximum absolute atomic E-state index is 13.9. The Balaban J connectivity index is 1.40. The number of amides is 1. The van der Waals surface area contributed by atoms with Gasteiger partial charge in [0, 0.05) is 42.1 Å². The molecule has 1 atom stereocenters. The second-order valence-electron chi connectivity index (χ2n) is 11.8. The van der Waals surface area contributed by atoms with Gasteiger partial charge in [0.1, 0.15) is 33.6 Å². The van der Waals surface area contributed by atoms with E-state index in [4.69, 9.17) is 9.47 Å². The molecule has 1 aliphatic rings. The van der Waals surface area contributed by atoms with Gasteiger partial charge in [0.2, 0.25) is 0 Å². The van der Waals surface area contributed by atoms with Crippen molar-refractivity contribution in [1.29, 1.82) is 0 Å². The first-order valence-corrected chi connectivity index (χ1v) is 15.5. The maximum atomic E-state index is 13.9. The first-order chi connectivity index (χ1) is 21.1. The van der Waals surface area contributed by atoms with Crippen LogP contribution in [0.2, 0.25) is 0 Å². The van der Waals surface area contributed by atoms with Crippen LogP contribution in [0.15, 0.2) is 60.2 Å². The van der Waals surface area contributed by atoms with Gasteiger partial charge in [-0.15, -0.1) is 11.3 Å². The fourth-order valence-electron chi connectivity index (χ4n) is 5.29. The fraction of sp³-hybridized carbons (Fsp3) is 0.364. The lowest BCUT2D eigenvalue weighted by Crippen LogP contribution is -2.37. The lowest BCUT2D eigenvalue weighted by Gasteiger charge is -2.37. The molecule has 9 nitrogen and oxygen atoms in total. The second-order valence-corrected chi connectivity index (χ2v) is 12.7. The molecule has 0 bridgehead atoms. The van der Waals surface area contributed by atoms with E-state index in [2.05, 4.69) is 25.4 Å². The van der Waals surface area contributed by atoms with Gasteiger partial charge >= 0.3 is 5.97 Å². The predicted molar refractivity (Wildman–Crippen MR) is 169 cm³/mol. The Labute approximate surface area is 260 Å². The summed E-state index contributed by atoms with van der Waals surface area (Å²) >= 11 is 1.35. The quantitative estimate of drug-likeness (QED) is 0.193. The molecule has 0 saturated carbocycles. The summed E-state index contributed by atoms with van der Waals surface area (Å²) in [5.74, 6) is 0.271. The van der Waals surface area contributed by atoms with Gasteiger partial charge in [-0.25, -0.2) is 9.37 Å². The highest BCUT2D eigenvalue weighted by Crippen LogP contribution is 2.40. The first kappa shape index (κ1) is 31.1. The highest BCUT2D eigenvalue weighted by atomic mass is 32.1. The summed E-state index contributed by atoms with van der Waals surface area (Å²) in [6.45, 7) is 9.01. The van der Waals surface area contributed by atoms with Gasteiger partial charge in [0.05, 0.1) is 23.8 Å². The molecule has 1 aliphatic heterocycles. The molecule has 1 amide bonds. The molecule has 3 heterocycles. The molecule has 230 valence electrons. The highest BCUT2D eigenvalue weighted by molar-refractivity contribution is 7.13. The normalized spacial score (nSPS) is 15.1. The van der Waals surface area contributed by atoms with Gasteiger partial charge in [-0.3, -0.25) is 9.59 Å². The molecule has 1 saturated heterocycles. The Kier molecular flexibility index (Phi) is 9.53. The molecule has 1 fully saturated rings. The summed E-state index contributed by atoms with van der Waals surface area (Å²) in [7, 11) is 0. The number of rotatable bonds is 9. The number of piperidine rings is 1. The Morgan fingerprint density at radius 2 is 2.00 bits per heavy atom. The average molecular weight is 618 g/mol. The van der Waals surface area contributed by atoms with E-state index in [1.54, 1.807) is 48.1 Å². The number of carbonyl (C=O) groups excluding carboxylic acids is 2. The predicted octanol–water partition coefficient (Wildman–Crippen LogP) is 7.43. The number of hydrogen-bond acceptors (Lipinski definition) is 9. The molecule has 5 rings (SSSR count). The number of esters is 1. The average Bonchev–Trinajstić information content (AvgIpc) is 3.48. The minimum absolute atomic E-state index is 0.200. The smallest absolute Gasteiger partial charge is 0.306 e. The van der Waals surface area contributed by atoms with Crippen LogP contribution < -0.4 is 15.0 Å². The Morgan fingerprint density at radius 3 is 2.75 bits per heavy atom. The molecule has 4 aromatic rings. The summed E-state index contributed by atoms with van der Waals surface area (Å²) in [5, 5.41) is 13.1. The zero-order chi connectivity index (χ0) is 31.3. The molecule has 1 N–H and O–H groups in total. The number of carbonyl (C=O) groups is 2. The van der Waals surface area contributed by atoms with Gasteiger partial charge < -0.3 is 19.7 Å². The van der Waals surface area contributed by atoms with Crippen molar-refractivity contribution in [1.82, 2.24) is 15.2 Å². The molecule has 44 heavy (non-hydrogen) atoms. The van der Waals surface area contributed by atoms with E-state index in [0.717, 1.165) is 36.2 Å². The summed E-state index contributed by atoms with van der Waals surface area (Å²) in [5.41, 5.74) is 2.80. The third kappa shape index (κ3) is 7.96. The first-order valence-electron chi connectivity index (χ1n) is 14.6. The van der Waals surface area contributed by atoms with Crippen molar-refractivity contribution in [2.24, 2.45) is 5.92 Å². The van der Waals surface area contributed by atoms with Crippen LogP contribution in [0.25, 0.3) is 10.6 Å². The summed E-state index contributed by atoms with van der Waals surface area (Å²) < 4.78 is 25.5. The van der Waals surface area contributed by atoms with Gasteiger partial charge in [-0.2, -0.15) is 10.2 Å². The van der Waals surface area contributed by atoms with Crippen molar-refractivity contribution in [3.63, 3.8) is 0 Å². The molecule has 0 unspecified atom stereocenters. The van der Waals surface area contributed by atoms with Gasteiger partial charge in [0.25, 0.3) is 5.91 Å². The summed E-state index contributed by atoms with van der Waals surface area (Å²) in [6.07, 6.45) is 6.16. The van der Waals surface area contributed by atoms with Crippen LogP contribution in [0.4, 0.5) is 15.8 Å². The molecule has 2 aromatic heterocycles. The number of benzene rings is 2. The van der Waals surface area contributed by atoms with Crippen LogP contribution in [-0.4, -0.2) is 45.7 Å². The largest absolute Gasteiger partial charge is 0.460 e. The zero-order valence-electron chi connectivity index (χ0n) is 25.3. The van der Waals surface area contributed by atoms with E-state index < -0.39 is 11.4 Å². The molecule has 0 aliphatic carbocycles. The third-order valence-electron chi connectivity index (χ3n) is 7.23. The van der Waals surface area contributed by atoms with Crippen molar-refractivity contribution < 1.29 is 23.5 Å². The number of ether oxygens (including phenoxy) is 2. The Bertz CT molecular complexity index is 1620. The summed E-state index contributed by atoms with van der Waals surface area (Å²) in [6, 6.07) is 11.4. The number of anilines is 2. The Hall–Kier alpha value is -4.38. The van der Waals surface area contributed by atoms with E-state index >= 15 is 0 Å². The van der Waals surface area contributed by atoms with Crippen LogP contribution in [0.3, 0.4) is 0 Å². The van der Waals surface area contributed by atoms with Crippen molar-refractivity contribution >= 4 is 34.6 Å². The molecule has 0 spiro atoms. The standard InChI is InChI=1S/C33H36FN5O4S/c1-21-28(42-25-9-5-8-24(34)17-25)12-11-26(37-31(41)27-20-44-32(38-27)23-14-15-35-36-18-23)30(21)39-16-6-7-22(19-39)10-13-29(40)43-33(2,3)4/h5,8-9,11-12,14-15,17-18,20,22H,6-7,10,13,16,19H2,1-4H3,(H,37,41)/t22-/m0/s1. The van der Waals surface area contributed by atoms with Crippen LogP contribution in [0.5, 0.6) is 11.5 Å². The number of nitrogens with one attached hydrogen (secondary N) is 1. The molecular formula is C33H36FN5O4S. The van der Waals surface area contributed by atoms with E-state index in [0.29, 0.717) is 47.3 Å². The van der Waals surface area contributed by atoms with E-state index in [9.17, 15) is 14.0 Å². The fourth-order valence-corrected chi connectivity index (χ4v) is 6.08. The zero-order valence-corrected chi connectivity index (χ0v) is 26.1. The maximum Gasteiger partial charge on any atom is 0.306 e. The molecule has 11 heteroatoms. The topological polar surface area (TPSA) is 107 Å². The highest BCUT2D eigenvalue weighted by Gasteiger charge is 2.27. The third-order valence-corrected chi connectivity index (χ3v) is 8.12. The van der Waals surface area contributed by atoms with Gasteiger partial charge in [0.15, 0.2) is 0 Å². The lowest BCUT2D eigenvalue weighted by atomic mass is 9.92. The van der Waals surface area contributed by atoms with Gasteiger partial charge in [-0.1, -0.05) is 6.07 Å². The Morgan fingerprint density at radius 1 is 1.16 bits per heavy atom. The SMILES string of the molecule is Cc1c(Oc2cccc(F)c2)ccc(NC(=O)c2csc(-c3ccnnc3)n2)c1N1CCC[C@@H](CCC(=O)OC(C)(C)C)C1. The van der Waals surface area contributed by atoms with Crippen LogP contribution in [0, 0.1) is 18.7 Å². The number of halogens is 1. The molecule has 2 aromatic carbocycles. The van der Waals surface area contributed by atoms with E-state index in [1.807, 2.05) is 27.7 Å². The van der Waals surface area contributed by atoms with E-state index in [-0.39, 0.29) is 17.8 Å². The number of aromatic nitrogens is 3. The van der Waals surface area contributed by atoms with Crippen LogP contribution >= 0.6 is 11.3 Å². The van der Waals surface area contributed by atoms with Crippen molar-refractivity contribution in [2.75, 3.05) is 23.3 Å². The lowest BCUT2D eigenvalue weighted by molar-refractivity contribution is -0.155. The molecular weight excluding hydrogens is 581 g/mol. The van der Waals surface area contributed by atoms with Gasteiger partial charge in [-0.05, 0) is 83.2 Å². The van der Waals surface area contributed by atoms with Crippen molar-refractivity contribution in [3.8, 4) is 22.1 Å². The number of thiazole rings is 1. The second kappa shape index (κ2) is 13.5. The van der Waals surface area contributed by atoms with Crippen LogP contribution in [-0.2, 0) is 9.53 Å². The van der Waals surface area contributed by atoms with E-state index in [1.165, 1.54) is 23.5 Å². The van der Waals surface area contributed by atoms with Crippen LogP contribution in [0.1, 0.15) is 62.5 Å². The monoisotopic (exact) mass is 617 g/mol. The van der Waals surface area contributed by atoms with Crippen molar-refractivity contribution in [3.05, 3.63) is 77.3 Å². The number of hydrogen-bond donors (Lipinski definition) is 1.